The van der Waals surface area contributed by atoms with Crippen molar-refractivity contribution < 1.29 is 78.4 Å². The van der Waals surface area contributed by atoms with Gasteiger partial charge in [0.2, 0.25) is 0 Å². The lowest BCUT2D eigenvalue weighted by Crippen LogP contribution is -2.48. The zero-order valence-electron chi connectivity index (χ0n) is 36.0. The molecule has 68 heavy (non-hydrogen) atoms. The summed E-state index contributed by atoms with van der Waals surface area (Å²) < 4.78 is 110. The number of carbonyl (C=O) groups is 4. The Morgan fingerprint density at radius 1 is 0.618 bits per heavy atom. The Kier molecular flexibility index (Phi) is 21.1. The minimum absolute atomic E-state index is 0.150. The van der Waals surface area contributed by atoms with Gasteiger partial charge in [0.1, 0.15) is 5.82 Å². The maximum absolute atomic E-state index is 15.1. The number of alkyl halides is 9. The van der Waals surface area contributed by atoms with Crippen LogP contribution in [-0.2, 0) is 47.1 Å². The summed E-state index contributed by atoms with van der Waals surface area (Å²) in [6, 6.07) is 42.4. The van der Waals surface area contributed by atoms with Crippen LogP contribution in [0.5, 0.6) is 0 Å². The average molecular weight is 969 g/mol. The molecule has 1 aliphatic heterocycles. The van der Waals surface area contributed by atoms with Crippen molar-refractivity contribution in [1.29, 1.82) is 0 Å². The van der Waals surface area contributed by atoms with Gasteiger partial charge in [-0.05, 0) is 70.6 Å². The predicted octanol–water partition coefficient (Wildman–Crippen LogP) is 9.32. The molecule has 1 fully saturated rings. The Hall–Kier alpha value is -6.84. The molecule has 1 saturated heterocycles. The third-order valence-electron chi connectivity index (χ3n) is 9.40. The largest absolute Gasteiger partial charge is 0.490 e. The van der Waals surface area contributed by atoms with E-state index >= 15 is 4.39 Å². The SMILES string of the molecule is C[C@H]1CN(Cc2cccc(-c3cc(CNC(=O)c4cccc(CN(Cc5ccccc5)Cc5ccccc5)c4)ccc3F)c2)CCN1.O=C(O)C(F)(F)F.O=C(O)C(F)(F)F.O=C(O)C(F)(F)F. The van der Waals surface area contributed by atoms with Crippen LogP contribution in [0.15, 0.2) is 127 Å². The number of carbonyl (C=O) groups excluding carboxylic acids is 1. The summed E-state index contributed by atoms with van der Waals surface area (Å²) in [5, 5.41) is 27.9. The highest BCUT2D eigenvalue weighted by Crippen LogP contribution is 2.26. The summed E-state index contributed by atoms with van der Waals surface area (Å²) in [6.45, 7) is 8.64. The Morgan fingerprint density at radius 2 is 1.09 bits per heavy atom. The van der Waals surface area contributed by atoms with E-state index < -0.39 is 36.4 Å². The van der Waals surface area contributed by atoms with Gasteiger partial charge in [-0.3, -0.25) is 14.6 Å². The lowest BCUT2D eigenvalue weighted by molar-refractivity contribution is -0.193. The van der Waals surface area contributed by atoms with Gasteiger partial charge in [0.15, 0.2) is 0 Å². The molecule has 0 aromatic heterocycles. The number of carboxylic acid groups (broad SMARTS) is 3. The van der Waals surface area contributed by atoms with Gasteiger partial charge >= 0.3 is 36.4 Å². The summed E-state index contributed by atoms with van der Waals surface area (Å²) in [5.41, 5.74) is 7.59. The molecule has 6 rings (SSSR count). The Bertz CT molecular complexity index is 2300. The fourth-order valence-electron chi connectivity index (χ4n) is 6.36. The second-order valence-electron chi connectivity index (χ2n) is 15.0. The van der Waals surface area contributed by atoms with Crippen molar-refractivity contribution in [3.63, 3.8) is 0 Å². The highest BCUT2D eigenvalue weighted by Gasteiger charge is 2.39. The molecule has 11 nitrogen and oxygen atoms in total. The Labute approximate surface area is 383 Å². The minimum Gasteiger partial charge on any atom is -0.475 e. The number of benzene rings is 5. The quantitative estimate of drug-likeness (QED) is 0.0763. The van der Waals surface area contributed by atoms with Crippen LogP contribution in [0.4, 0.5) is 43.9 Å². The van der Waals surface area contributed by atoms with Gasteiger partial charge in [-0.2, -0.15) is 39.5 Å². The first kappa shape index (κ1) is 55.5. The molecule has 366 valence electrons. The van der Waals surface area contributed by atoms with E-state index in [1.165, 1.54) is 22.8 Å². The second-order valence-corrected chi connectivity index (χ2v) is 15.0. The third-order valence-corrected chi connectivity index (χ3v) is 9.40. The molecule has 1 heterocycles. The van der Waals surface area contributed by atoms with Crippen LogP contribution < -0.4 is 10.6 Å². The molecule has 0 aliphatic carbocycles. The first-order chi connectivity index (χ1) is 31.8. The van der Waals surface area contributed by atoms with Crippen molar-refractivity contribution >= 4 is 23.8 Å². The fourth-order valence-corrected chi connectivity index (χ4v) is 6.36. The van der Waals surface area contributed by atoms with Gasteiger partial charge in [0, 0.05) is 69.5 Å². The maximum atomic E-state index is 15.1. The molecule has 0 spiro atoms. The van der Waals surface area contributed by atoms with Crippen LogP contribution in [0.25, 0.3) is 11.1 Å². The first-order valence-electron chi connectivity index (χ1n) is 20.2. The number of carboxylic acids is 3. The summed E-state index contributed by atoms with van der Waals surface area (Å²) in [4.78, 5) is 44.8. The van der Waals surface area contributed by atoms with Crippen LogP contribution >= 0.6 is 0 Å². The van der Waals surface area contributed by atoms with Gasteiger partial charge in [-0.15, -0.1) is 0 Å². The van der Waals surface area contributed by atoms with Crippen LogP contribution in [0.1, 0.15) is 45.1 Å². The molecule has 5 N–H and O–H groups in total. The molecule has 1 amide bonds. The van der Waals surface area contributed by atoms with Gasteiger partial charge in [-0.25, -0.2) is 18.8 Å². The molecule has 0 bridgehead atoms. The number of halogens is 10. The molecule has 0 saturated carbocycles. The summed E-state index contributed by atoms with van der Waals surface area (Å²) in [5.74, 6) is -8.69. The van der Waals surface area contributed by atoms with E-state index in [0.29, 0.717) is 30.3 Å². The number of piperazine rings is 1. The molecular weight excluding hydrogens is 923 g/mol. The van der Waals surface area contributed by atoms with E-state index in [1.807, 2.05) is 48.5 Å². The maximum Gasteiger partial charge on any atom is 0.490 e. The fraction of sp³-hybridized carbons (Fsp3) is 0.277. The smallest absolute Gasteiger partial charge is 0.475 e. The lowest BCUT2D eigenvalue weighted by Gasteiger charge is -2.31. The third kappa shape index (κ3) is 20.4. The van der Waals surface area contributed by atoms with Gasteiger partial charge < -0.3 is 26.0 Å². The van der Waals surface area contributed by atoms with Gasteiger partial charge in [-0.1, -0.05) is 97.1 Å². The number of nitrogens with one attached hydrogen (secondary N) is 2. The summed E-state index contributed by atoms with van der Waals surface area (Å²) in [6.07, 6.45) is -15.3. The van der Waals surface area contributed by atoms with Crippen LogP contribution in [0.3, 0.4) is 0 Å². The monoisotopic (exact) mass is 968 g/mol. The summed E-state index contributed by atoms with van der Waals surface area (Å²) >= 11 is 0. The zero-order valence-corrected chi connectivity index (χ0v) is 36.0. The highest BCUT2D eigenvalue weighted by molar-refractivity contribution is 5.94. The number of hydrogen-bond acceptors (Lipinski definition) is 7. The standard InChI is InChI=1S/C41H43FN4O.3C2HF3O2/c1-31-26-45(21-20-43-31)29-35-14-8-16-37(22-35)39-24-34(18-19-40(39)42)25-44-41(47)38-17-9-15-36(23-38)30-46(27-32-10-4-2-5-11-32)28-33-12-6-3-7-13-33;3*3-2(4,5)1(6)7/h2-19,22-24,31,43H,20-21,25-30H2,1H3,(H,44,47);3*(H,6,7)/t31-;;;/m0.../s1. The lowest BCUT2D eigenvalue weighted by atomic mass is 10.00. The van der Waals surface area contributed by atoms with Crippen molar-refractivity contribution in [2.24, 2.45) is 0 Å². The van der Waals surface area contributed by atoms with Crippen molar-refractivity contribution in [2.75, 3.05) is 19.6 Å². The van der Waals surface area contributed by atoms with E-state index in [-0.39, 0.29) is 11.7 Å². The molecular formula is C47H46F10N4O7. The number of rotatable bonds is 12. The van der Waals surface area contributed by atoms with E-state index in [1.54, 1.807) is 6.07 Å². The molecule has 0 radical (unpaired) electrons. The van der Waals surface area contributed by atoms with Crippen LogP contribution in [0.2, 0.25) is 0 Å². The van der Waals surface area contributed by atoms with E-state index in [0.717, 1.165) is 56.0 Å². The van der Waals surface area contributed by atoms with E-state index in [9.17, 15) is 44.3 Å². The predicted molar refractivity (Wildman–Crippen MR) is 229 cm³/mol. The highest BCUT2D eigenvalue weighted by atomic mass is 19.4. The zero-order chi connectivity index (χ0) is 50.7. The average Bonchev–Trinajstić information content (AvgIpc) is 3.26. The molecule has 0 unspecified atom stereocenters. The number of amides is 1. The molecule has 1 aliphatic rings. The van der Waals surface area contributed by atoms with E-state index in [2.05, 4.69) is 94.1 Å². The van der Waals surface area contributed by atoms with Crippen molar-refractivity contribution in [3.05, 3.63) is 167 Å². The van der Waals surface area contributed by atoms with Crippen molar-refractivity contribution in [2.45, 2.75) is 64.2 Å². The van der Waals surface area contributed by atoms with Crippen LogP contribution in [0, 0.1) is 5.82 Å². The van der Waals surface area contributed by atoms with Crippen LogP contribution in [-0.4, -0.2) is 93.1 Å². The molecule has 5 aromatic rings. The number of aliphatic carboxylic acids is 3. The molecule has 1 atom stereocenters. The molecule has 21 heteroatoms. The minimum atomic E-state index is -5.08. The van der Waals surface area contributed by atoms with Gasteiger partial charge in [0.05, 0.1) is 0 Å². The number of nitrogens with zero attached hydrogens (tertiary/aromatic N) is 2. The molecule has 5 aromatic carbocycles. The normalized spacial score (nSPS) is 13.9. The van der Waals surface area contributed by atoms with Gasteiger partial charge in [0.25, 0.3) is 5.91 Å². The number of hydrogen-bond donors (Lipinski definition) is 5. The topological polar surface area (TPSA) is 160 Å². The van der Waals surface area contributed by atoms with Crippen molar-refractivity contribution in [3.8, 4) is 11.1 Å². The first-order valence-corrected chi connectivity index (χ1v) is 20.2. The van der Waals surface area contributed by atoms with Crippen molar-refractivity contribution in [1.82, 2.24) is 20.4 Å². The van der Waals surface area contributed by atoms with E-state index in [4.69, 9.17) is 29.7 Å². The second kappa shape index (κ2) is 25.9. The summed E-state index contributed by atoms with van der Waals surface area (Å²) in [7, 11) is 0. The Balaban J connectivity index is 0.000000485. The Morgan fingerprint density at radius 3 is 1.59 bits per heavy atom.